The molecule has 2 heterocycles. The summed E-state index contributed by atoms with van der Waals surface area (Å²) in [7, 11) is 2.76. The average Bonchev–Trinajstić information content (AvgIpc) is 3.15. The summed E-state index contributed by atoms with van der Waals surface area (Å²) in [5.41, 5.74) is 4.90. The van der Waals surface area contributed by atoms with Crippen LogP contribution in [0.25, 0.3) is 0 Å². The van der Waals surface area contributed by atoms with Gasteiger partial charge in [0.15, 0.2) is 0 Å². The number of nitrogens with zero attached hydrogens (tertiary/aromatic N) is 2. The first-order valence-corrected chi connectivity index (χ1v) is 11.9. The lowest BCUT2D eigenvalue weighted by molar-refractivity contribution is -0.0387. The van der Waals surface area contributed by atoms with E-state index in [-0.39, 0.29) is 0 Å². The van der Waals surface area contributed by atoms with Crippen LogP contribution in [0.3, 0.4) is 0 Å². The molecule has 1 unspecified atom stereocenters. The molecule has 0 spiro atoms. The van der Waals surface area contributed by atoms with E-state index in [0.717, 1.165) is 50.8 Å². The molecule has 1 saturated heterocycles. The lowest BCUT2D eigenvalue weighted by atomic mass is 9.75. The highest BCUT2D eigenvalue weighted by atomic mass is 31.0. The normalized spacial score (nSPS) is 21.8. The molecule has 1 atom stereocenters. The second-order valence-corrected chi connectivity index (χ2v) is 9.90. The van der Waals surface area contributed by atoms with Gasteiger partial charge in [-0.3, -0.25) is 0 Å². The predicted octanol–water partition coefficient (Wildman–Crippen LogP) is 3.63. The van der Waals surface area contributed by atoms with E-state index < -0.39 is 5.60 Å². The van der Waals surface area contributed by atoms with Crippen molar-refractivity contribution in [1.82, 2.24) is 4.90 Å². The Labute approximate surface area is 177 Å². The lowest BCUT2D eigenvalue weighted by Gasteiger charge is -2.40. The maximum atomic E-state index is 10.8. The van der Waals surface area contributed by atoms with E-state index in [1.165, 1.54) is 48.0 Å². The molecule has 5 rings (SSSR count). The average molecular weight is 409 g/mol. The lowest BCUT2D eigenvalue weighted by Crippen LogP contribution is -2.45. The quantitative estimate of drug-likeness (QED) is 0.766. The van der Waals surface area contributed by atoms with Gasteiger partial charge in [0.2, 0.25) is 0 Å². The number of likely N-dealkylation sites (tertiary alicyclic amines) is 1. The number of piperidine rings is 1. The number of anilines is 1. The first-order valence-electron chi connectivity index (χ1n) is 11.3. The third-order valence-corrected chi connectivity index (χ3v) is 7.81. The summed E-state index contributed by atoms with van der Waals surface area (Å²) < 4.78 is 0. The van der Waals surface area contributed by atoms with Gasteiger partial charge in [0.05, 0.1) is 5.60 Å². The van der Waals surface area contributed by atoms with Crippen LogP contribution in [-0.4, -0.2) is 42.2 Å². The summed E-state index contributed by atoms with van der Waals surface area (Å²) in [6, 6.07) is 16.3. The Morgan fingerprint density at radius 3 is 2.45 bits per heavy atom. The minimum absolute atomic E-state index is 0.554. The van der Waals surface area contributed by atoms with Gasteiger partial charge in [-0.15, -0.1) is 9.24 Å². The summed E-state index contributed by atoms with van der Waals surface area (Å²) in [4.78, 5) is 5.28. The highest BCUT2D eigenvalue weighted by Gasteiger charge is 2.38. The van der Waals surface area contributed by atoms with E-state index in [2.05, 4.69) is 61.5 Å². The number of benzene rings is 2. The molecule has 3 aliphatic rings. The van der Waals surface area contributed by atoms with Crippen molar-refractivity contribution >= 4 is 20.2 Å². The van der Waals surface area contributed by atoms with Gasteiger partial charge in [-0.1, -0.05) is 36.4 Å². The molecule has 0 radical (unpaired) electrons. The number of hydrogen-bond donors (Lipinski definition) is 1. The minimum atomic E-state index is -0.554. The van der Waals surface area contributed by atoms with E-state index in [9.17, 15) is 5.11 Å². The van der Waals surface area contributed by atoms with Crippen molar-refractivity contribution in [3.63, 3.8) is 0 Å². The number of aliphatic hydroxyl groups is 1. The largest absolute Gasteiger partial charge is 0.385 e. The molecule has 2 aromatic rings. The van der Waals surface area contributed by atoms with Crippen LogP contribution in [0.15, 0.2) is 42.5 Å². The van der Waals surface area contributed by atoms with Crippen molar-refractivity contribution in [3.8, 4) is 0 Å². The molecule has 0 aromatic heterocycles. The second-order valence-electron chi connectivity index (χ2n) is 9.24. The highest BCUT2D eigenvalue weighted by Crippen LogP contribution is 2.44. The molecular weight excluding hydrogens is 375 g/mol. The van der Waals surface area contributed by atoms with Crippen molar-refractivity contribution in [2.75, 3.05) is 31.1 Å². The summed E-state index contributed by atoms with van der Waals surface area (Å²) in [5, 5.41) is 12.0. The Hall–Kier alpha value is -1.41. The summed E-state index contributed by atoms with van der Waals surface area (Å²) >= 11 is 0. The van der Waals surface area contributed by atoms with Gasteiger partial charge >= 0.3 is 0 Å². The Bertz CT molecular complexity index is 854. The maximum Gasteiger partial charge on any atom is 0.0897 e. The first kappa shape index (κ1) is 19.5. The predicted molar refractivity (Wildman–Crippen MR) is 124 cm³/mol. The number of fused-ring (bicyclic) bond motifs is 1. The molecule has 1 saturated carbocycles. The topological polar surface area (TPSA) is 26.7 Å². The zero-order chi connectivity index (χ0) is 19.8. The molecule has 1 aliphatic carbocycles. The van der Waals surface area contributed by atoms with Crippen molar-refractivity contribution in [1.29, 1.82) is 0 Å². The zero-order valence-corrected chi connectivity index (χ0v) is 18.5. The zero-order valence-electron chi connectivity index (χ0n) is 17.3. The van der Waals surface area contributed by atoms with Crippen LogP contribution in [0, 0.1) is 0 Å². The molecular formula is C25H33N2OP. The van der Waals surface area contributed by atoms with Gasteiger partial charge < -0.3 is 14.9 Å². The third kappa shape index (κ3) is 3.98. The molecule has 1 N–H and O–H groups in total. The van der Waals surface area contributed by atoms with Gasteiger partial charge in [-0.25, -0.2) is 0 Å². The Balaban J connectivity index is 1.19. The Kier molecular flexibility index (Phi) is 5.41. The van der Waals surface area contributed by atoms with Gasteiger partial charge in [-0.05, 0) is 73.0 Å². The second kappa shape index (κ2) is 8.02. The standard InChI is InChI=1S/C25H33N2OP/c28-25(12-1-13-25)21-5-4-20-9-17-27(24(20)18-21)22-10-15-26(16-11-22)14-8-19-2-6-23(29)7-3-19/h2-7,18,22,28H,1,8-17,29H2. The third-order valence-electron chi connectivity index (χ3n) is 7.43. The molecule has 2 aliphatic heterocycles. The Morgan fingerprint density at radius 1 is 1.00 bits per heavy atom. The molecule has 0 bridgehead atoms. The van der Waals surface area contributed by atoms with Gasteiger partial charge in [0, 0.05) is 37.9 Å². The van der Waals surface area contributed by atoms with Gasteiger partial charge in [0.1, 0.15) is 0 Å². The van der Waals surface area contributed by atoms with Gasteiger partial charge in [0.25, 0.3) is 0 Å². The molecule has 154 valence electrons. The van der Waals surface area contributed by atoms with Crippen LogP contribution in [0.5, 0.6) is 0 Å². The highest BCUT2D eigenvalue weighted by molar-refractivity contribution is 7.27. The van der Waals surface area contributed by atoms with E-state index in [0.29, 0.717) is 6.04 Å². The molecule has 4 heteroatoms. The number of hydrogen-bond acceptors (Lipinski definition) is 3. The van der Waals surface area contributed by atoms with Crippen LogP contribution in [0.1, 0.15) is 48.8 Å². The molecule has 3 nitrogen and oxygen atoms in total. The Morgan fingerprint density at radius 2 is 1.76 bits per heavy atom. The van der Waals surface area contributed by atoms with Crippen molar-refractivity contribution in [2.45, 2.75) is 56.6 Å². The van der Waals surface area contributed by atoms with E-state index in [1.807, 2.05) is 0 Å². The fourth-order valence-electron chi connectivity index (χ4n) is 5.30. The van der Waals surface area contributed by atoms with Crippen LogP contribution in [0.2, 0.25) is 0 Å². The minimum Gasteiger partial charge on any atom is -0.385 e. The number of rotatable bonds is 5. The SMILES string of the molecule is OC1(c2ccc3c(c2)N(C2CCN(CCc4ccc(P)cc4)CC2)CC3)CCC1. The van der Waals surface area contributed by atoms with Crippen molar-refractivity contribution < 1.29 is 5.11 Å². The summed E-state index contributed by atoms with van der Waals surface area (Å²) in [6.07, 6.45) is 7.78. The van der Waals surface area contributed by atoms with Crippen LogP contribution in [0.4, 0.5) is 5.69 Å². The van der Waals surface area contributed by atoms with E-state index >= 15 is 0 Å². The van der Waals surface area contributed by atoms with Crippen LogP contribution in [-0.2, 0) is 18.4 Å². The van der Waals surface area contributed by atoms with Crippen molar-refractivity contribution in [2.24, 2.45) is 0 Å². The van der Waals surface area contributed by atoms with Crippen LogP contribution < -0.4 is 10.2 Å². The molecule has 29 heavy (non-hydrogen) atoms. The monoisotopic (exact) mass is 408 g/mol. The summed E-state index contributed by atoms with van der Waals surface area (Å²) in [6.45, 7) is 4.70. The molecule has 0 amide bonds. The fourth-order valence-corrected chi connectivity index (χ4v) is 5.49. The van der Waals surface area contributed by atoms with E-state index in [1.54, 1.807) is 0 Å². The summed E-state index contributed by atoms with van der Waals surface area (Å²) in [5.74, 6) is 0. The van der Waals surface area contributed by atoms with E-state index in [4.69, 9.17) is 0 Å². The van der Waals surface area contributed by atoms with Gasteiger partial charge in [-0.2, -0.15) is 0 Å². The van der Waals surface area contributed by atoms with Crippen LogP contribution >= 0.6 is 9.24 Å². The first-order chi connectivity index (χ1) is 14.1. The van der Waals surface area contributed by atoms with Crippen molar-refractivity contribution in [3.05, 3.63) is 59.2 Å². The fraction of sp³-hybridized carbons (Fsp3) is 0.520. The molecule has 2 aromatic carbocycles. The molecule has 2 fully saturated rings. The smallest absolute Gasteiger partial charge is 0.0897 e. The maximum absolute atomic E-state index is 10.8.